The molecule has 1 unspecified atom stereocenters. The fourth-order valence-electron chi connectivity index (χ4n) is 1.85. The normalized spacial score (nSPS) is 12.2. The summed E-state index contributed by atoms with van der Waals surface area (Å²) < 4.78 is 0. The summed E-state index contributed by atoms with van der Waals surface area (Å²) in [7, 11) is 0. The highest BCUT2D eigenvalue weighted by Gasteiger charge is 2.21. The summed E-state index contributed by atoms with van der Waals surface area (Å²) in [5.41, 5.74) is 1.73. The maximum absolute atomic E-state index is 11.1. The standard InChI is InChI=1S/C15H17N3O2/c1-10(2)14(15(19)20)16-13-9-8-12(17-18-13)11-6-4-3-5-7-11/h3-10,14H,1-2H3,(H,16,18)(H,19,20). The first-order valence-electron chi connectivity index (χ1n) is 6.46. The Hall–Kier alpha value is -2.43. The van der Waals surface area contributed by atoms with Crippen LogP contribution in [0.3, 0.4) is 0 Å². The average Bonchev–Trinajstić information content (AvgIpc) is 2.45. The van der Waals surface area contributed by atoms with Crippen molar-refractivity contribution in [3.8, 4) is 11.3 Å². The minimum atomic E-state index is -0.895. The Morgan fingerprint density at radius 2 is 1.80 bits per heavy atom. The van der Waals surface area contributed by atoms with Gasteiger partial charge in [0.1, 0.15) is 11.9 Å². The van der Waals surface area contributed by atoms with Crippen molar-refractivity contribution in [2.75, 3.05) is 5.32 Å². The van der Waals surface area contributed by atoms with Crippen molar-refractivity contribution in [3.63, 3.8) is 0 Å². The maximum Gasteiger partial charge on any atom is 0.326 e. The number of carbonyl (C=O) groups is 1. The van der Waals surface area contributed by atoms with Crippen molar-refractivity contribution in [3.05, 3.63) is 42.5 Å². The van der Waals surface area contributed by atoms with Gasteiger partial charge in [-0.1, -0.05) is 44.2 Å². The van der Waals surface area contributed by atoms with Crippen LogP contribution in [0.2, 0.25) is 0 Å². The van der Waals surface area contributed by atoms with Gasteiger partial charge in [0.15, 0.2) is 0 Å². The number of anilines is 1. The third kappa shape index (κ3) is 3.32. The van der Waals surface area contributed by atoms with Crippen molar-refractivity contribution in [2.24, 2.45) is 5.92 Å². The lowest BCUT2D eigenvalue weighted by Crippen LogP contribution is -2.34. The van der Waals surface area contributed by atoms with E-state index in [1.165, 1.54) is 0 Å². The monoisotopic (exact) mass is 271 g/mol. The average molecular weight is 271 g/mol. The number of benzene rings is 1. The summed E-state index contributed by atoms with van der Waals surface area (Å²) in [5.74, 6) is -0.470. The van der Waals surface area contributed by atoms with E-state index in [0.29, 0.717) is 5.82 Å². The van der Waals surface area contributed by atoms with Crippen LogP contribution in [0.25, 0.3) is 11.3 Å². The highest BCUT2D eigenvalue weighted by atomic mass is 16.4. The second-order valence-corrected chi connectivity index (χ2v) is 4.87. The summed E-state index contributed by atoms with van der Waals surface area (Å²) in [4.78, 5) is 11.1. The number of carboxylic acid groups (broad SMARTS) is 1. The van der Waals surface area contributed by atoms with Crippen molar-refractivity contribution in [1.82, 2.24) is 10.2 Å². The second-order valence-electron chi connectivity index (χ2n) is 4.87. The Balaban J connectivity index is 2.14. The Bertz CT molecular complexity index is 567. The zero-order valence-electron chi connectivity index (χ0n) is 11.4. The molecule has 0 saturated carbocycles. The van der Waals surface area contributed by atoms with Crippen molar-refractivity contribution in [2.45, 2.75) is 19.9 Å². The van der Waals surface area contributed by atoms with E-state index in [1.807, 2.05) is 50.2 Å². The zero-order chi connectivity index (χ0) is 14.5. The Kier molecular flexibility index (Phi) is 4.30. The highest BCUT2D eigenvalue weighted by molar-refractivity contribution is 5.77. The molecule has 20 heavy (non-hydrogen) atoms. The SMILES string of the molecule is CC(C)C(Nc1ccc(-c2ccccc2)nn1)C(=O)O. The molecule has 0 aliphatic rings. The molecule has 1 aromatic heterocycles. The first kappa shape index (κ1) is 14.0. The summed E-state index contributed by atoms with van der Waals surface area (Å²) in [6, 6.07) is 12.6. The molecule has 104 valence electrons. The molecule has 1 aromatic carbocycles. The van der Waals surface area contributed by atoms with E-state index in [2.05, 4.69) is 15.5 Å². The topological polar surface area (TPSA) is 75.1 Å². The molecule has 2 N–H and O–H groups in total. The first-order chi connectivity index (χ1) is 9.58. The molecule has 5 nitrogen and oxygen atoms in total. The van der Waals surface area contributed by atoms with Gasteiger partial charge >= 0.3 is 5.97 Å². The number of hydrogen-bond acceptors (Lipinski definition) is 4. The second kappa shape index (κ2) is 6.14. The van der Waals surface area contributed by atoms with Crippen molar-refractivity contribution < 1.29 is 9.90 Å². The van der Waals surface area contributed by atoms with Gasteiger partial charge in [0.05, 0.1) is 5.69 Å². The number of hydrogen-bond donors (Lipinski definition) is 2. The smallest absolute Gasteiger partial charge is 0.326 e. The van der Waals surface area contributed by atoms with Crippen LogP contribution < -0.4 is 5.32 Å². The van der Waals surface area contributed by atoms with Crippen LogP contribution >= 0.6 is 0 Å². The molecule has 0 bridgehead atoms. The lowest BCUT2D eigenvalue weighted by Gasteiger charge is -2.18. The molecule has 1 heterocycles. The third-order valence-electron chi connectivity index (χ3n) is 2.97. The molecule has 0 saturated heterocycles. The molecular formula is C15H17N3O2. The molecule has 2 aromatic rings. The quantitative estimate of drug-likeness (QED) is 0.874. The van der Waals surface area contributed by atoms with Crippen LogP contribution in [0.1, 0.15) is 13.8 Å². The minimum absolute atomic E-state index is 0.0388. The first-order valence-corrected chi connectivity index (χ1v) is 6.46. The van der Waals surface area contributed by atoms with E-state index in [0.717, 1.165) is 11.3 Å². The summed E-state index contributed by atoms with van der Waals surface area (Å²) in [6.45, 7) is 3.69. The molecule has 1 atom stereocenters. The van der Waals surface area contributed by atoms with Gasteiger partial charge in [0, 0.05) is 5.56 Å². The van der Waals surface area contributed by atoms with Crippen molar-refractivity contribution >= 4 is 11.8 Å². The molecule has 0 amide bonds. The van der Waals surface area contributed by atoms with Gasteiger partial charge in [-0.25, -0.2) is 4.79 Å². The molecule has 2 rings (SSSR count). The predicted molar refractivity (Wildman–Crippen MR) is 77.4 cm³/mol. The van der Waals surface area contributed by atoms with Gasteiger partial charge in [-0.05, 0) is 18.1 Å². The van der Waals surface area contributed by atoms with Crippen LogP contribution in [-0.2, 0) is 4.79 Å². The molecule has 5 heteroatoms. The van der Waals surface area contributed by atoms with E-state index in [9.17, 15) is 4.79 Å². The van der Waals surface area contributed by atoms with Gasteiger partial charge in [-0.2, -0.15) is 0 Å². The third-order valence-corrected chi connectivity index (χ3v) is 2.97. The summed E-state index contributed by atoms with van der Waals surface area (Å²) in [5, 5.41) is 20.2. The predicted octanol–water partition coefficient (Wildman–Crippen LogP) is 2.66. The van der Waals surface area contributed by atoms with Crippen LogP contribution in [-0.4, -0.2) is 27.3 Å². The van der Waals surface area contributed by atoms with E-state index >= 15 is 0 Å². The largest absolute Gasteiger partial charge is 0.480 e. The van der Waals surface area contributed by atoms with Crippen LogP contribution in [0, 0.1) is 5.92 Å². The van der Waals surface area contributed by atoms with E-state index < -0.39 is 12.0 Å². The fraction of sp³-hybridized carbons (Fsp3) is 0.267. The molecule has 0 aliphatic carbocycles. The maximum atomic E-state index is 11.1. The Morgan fingerprint density at radius 3 is 2.30 bits per heavy atom. The lowest BCUT2D eigenvalue weighted by molar-refractivity contribution is -0.138. The van der Waals surface area contributed by atoms with E-state index in [-0.39, 0.29) is 5.92 Å². The summed E-state index contributed by atoms with van der Waals surface area (Å²) in [6.07, 6.45) is 0. The number of rotatable bonds is 5. The lowest BCUT2D eigenvalue weighted by atomic mass is 10.1. The molecule has 0 radical (unpaired) electrons. The van der Waals surface area contributed by atoms with Gasteiger partial charge in [0.25, 0.3) is 0 Å². The van der Waals surface area contributed by atoms with Crippen LogP contribution in [0.15, 0.2) is 42.5 Å². The van der Waals surface area contributed by atoms with Crippen LogP contribution in [0.4, 0.5) is 5.82 Å². The number of nitrogens with zero attached hydrogens (tertiary/aromatic N) is 2. The van der Waals surface area contributed by atoms with Crippen LogP contribution in [0.5, 0.6) is 0 Å². The summed E-state index contributed by atoms with van der Waals surface area (Å²) >= 11 is 0. The van der Waals surface area contributed by atoms with E-state index in [4.69, 9.17) is 5.11 Å². The Morgan fingerprint density at radius 1 is 1.10 bits per heavy atom. The van der Waals surface area contributed by atoms with E-state index in [1.54, 1.807) is 6.07 Å². The number of aromatic nitrogens is 2. The van der Waals surface area contributed by atoms with Gasteiger partial charge < -0.3 is 10.4 Å². The fourth-order valence-corrected chi connectivity index (χ4v) is 1.85. The zero-order valence-corrected chi connectivity index (χ0v) is 11.4. The number of aliphatic carboxylic acids is 1. The minimum Gasteiger partial charge on any atom is -0.480 e. The Labute approximate surface area is 117 Å². The van der Waals surface area contributed by atoms with Crippen molar-refractivity contribution in [1.29, 1.82) is 0 Å². The molecule has 0 fully saturated rings. The highest BCUT2D eigenvalue weighted by Crippen LogP contribution is 2.17. The van der Waals surface area contributed by atoms with Gasteiger partial charge in [-0.3, -0.25) is 0 Å². The number of nitrogens with one attached hydrogen (secondary N) is 1. The molecular weight excluding hydrogens is 254 g/mol. The van der Waals surface area contributed by atoms with Gasteiger partial charge in [-0.15, -0.1) is 10.2 Å². The number of carboxylic acids is 1. The molecule has 0 spiro atoms. The van der Waals surface area contributed by atoms with Gasteiger partial charge in [0.2, 0.25) is 0 Å². The molecule has 0 aliphatic heterocycles.